The highest BCUT2D eigenvalue weighted by molar-refractivity contribution is 5.96. The largest absolute Gasteiger partial charge is 0.502 e. The van der Waals surface area contributed by atoms with Crippen molar-refractivity contribution in [2.45, 2.75) is 32.2 Å². The lowest BCUT2D eigenvalue weighted by atomic mass is 10.0. The van der Waals surface area contributed by atoms with Crippen LogP contribution < -0.4 is 15.6 Å². The van der Waals surface area contributed by atoms with Crippen molar-refractivity contribution in [1.82, 2.24) is 9.58 Å². The molecule has 1 aromatic heterocycles. The second-order valence-electron chi connectivity index (χ2n) is 8.31. The Morgan fingerprint density at radius 2 is 1.91 bits per heavy atom. The zero-order valence-electron chi connectivity index (χ0n) is 19.5. The van der Waals surface area contributed by atoms with Gasteiger partial charge in [0, 0.05) is 30.3 Å². The molecule has 4 rings (SSSR count). The maximum Gasteiger partial charge on any atom is 0.278 e. The van der Waals surface area contributed by atoms with E-state index in [0.29, 0.717) is 19.3 Å². The molecule has 3 aromatic rings. The number of pyridine rings is 1. The van der Waals surface area contributed by atoms with Crippen molar-refractivity contribution in [2.24, 2.45) is 0 Å². The molecule has 2 N–H and O–H groups in total. The number of hydrogen-bond donors (Lipinski definition) is 2. The highest BCUT2D eigenvalue weighted by Gasteiger charge is 2.31. The van der Waals surface area contributed by atoms with Crippen molar-refractivity contribution >= 4 is 5.91 Å². The molecule has 1 aliphatic heterocycles. The van der Waals surface area contributed by atoms with Crippen molar-refractivity contribution < 1.29 is 19.0 Å². The van der Waals surface area contributed by atoms with E-state index >= 15 is 0 Å². The maximum atomic E-state index is 14.5. The van der Waals surface area contributed by atoms with E-state index in [9.17, 15) is 19.1 Å². The minimum Gasteiger partial charge on any atom is -0.502 e. The van der Waals surface area contributed by atoms with E-state index in [2.05, 4.69) is 5.43 Å². The number of amides is 1. The van der Waals surface area contributed by atoms with Gasteiger partial charge in [0.2, 0.25) is 5.43 Å². The van der Waals surface area contributed by atoms with Crippen LogP contribution in [-0.2, 0) is 6.42 Å². The fourth-order valence-corrected chi connectivity index (χ4v) is 4.15. The smallest absolute Gasteiger partial charge is 0.278 e. The Hall–Kier alpha value is -4.07. The molecule has 0 bridgehead atoms. The highest BCUT2D eigenvalue weighted by atomic mass is 19.1. The number of para-hydroxylation sites is 1. The van der Waals surface area contributed by atoms with Crippen LogP contribution in [0.4, 0.5) is 4.39 Å². The van der Waals surface area contributed by atoms with Crippen LogP contribution in [0.2, 0.25) is 0 Å². The van der Waals surface area contributed by atoms with Crippen LogP contribution in [0, 0.1) is 5.82 Å². The molecule has 0 spiro atoms. The van der Waals surface area contributed by atoms with Gasteiger partial charge < -0.3 is 20.2 Å². The monoisotopic (exact) mass is 477 g/mol. The summed E-state index contributed by atoms with van der Waals surface area (Å²) in [4.78, 5) is 26.3. The average Bonchev–Trinajstić information content (AvgIpc) is 2.86. The summed E-state index contributed by atoms with van der Waals surface area (Å²) in [5.41, 5.74) is 4.19. The molecule has 35 heavy (non-hydrogen) atoms. The number of carbonyl (C=O) groups is 1. The van der Waals surface area contributed by atoms with Crippen molar-refractivity contribution in [1.29, 1.82) is 0 Å². The molecule has 0 unspecified atom stereocenters. The van der Waals surface area contributed by atoms with Gasteiger partial charge in [-0.2, -0.15) is 0 Å². The first-order valence-electron chi connectivity index (χ1n) is 11.6. The SMILES string of the molecule is CC[C@H](C/C=C/COc1c(F)cccc1Cc1ccccc1)N1CNn2ccc(=O)c(O)c2C1=O. The lowest BCUT2D eigenvalue weighted by molar-refractivity contribution is 0.0638. The maximum absolute atomic E-state index is 14.5. The number of fused-ring (bicyclic) bond motifs is 1. The van der Waals surface area contributed by atoms with Gasteiger partial charge in [-0.15, -0.1) is 0 Å². The zero-order chi connectivity index (χ0) is 24.8. The number of nitrogens with one attached hydrogen (secondary N) is 1. The molecule has 0 aliphatic carbocycles. The Kier molecular flexibility index (Phi) is 7.50. The quantitative estimate of drug-likeness (QED) is 0.455. The topological polar surface area (TPSA) is 83.8 Å². The minimum absolute atomic E-state index is 0.0694. The summed E-state index contributed by atoms with van der Waals surface area (Å²) < 4.78 is 21.6. The Morgan fingerprint density at radius 3 is 2.69 bits per heavy atom. The first-order valence-corrected chi connectivity index (χ1v) is 11.6. The van der Waals surface area contributed by atoms with Crippen molar-refractivity contribution in [3.8, 4) is 11.5 Å². The van der Waals surface area contributed by atoms with Gasteiger partial charge >= 0.3 is 0 Å². The molecule has 1 aliphatic rings. The number of benzene rings is 2. The number of halogens is 1. The molecule has 2 aromatic carbocycles. The van der Waals surface area contributed by atoms with Gasteiger partial charge in [0.15, 0.2) is 23.0 Å². The molecule has 0 saturated carbocycles. The van der Waals surface area contributed by atoms with E-state index in [-0.39, 0.29) is 30.8 Å². The second kappa shape index (κ2) is 10.9. The van der Waals surface area contributed by atoms with Crippen LogP contribution in [0.25, 0.3) is 0 Å². The van der Waals surface area contributed by atoms with Crippen molar-refractivity contribution in [3.63, 3.8) is 0 Å². The lowest BCUT2D eigenvalue weighted by Gasteiger charge is -2.36. The third-order valence-electron chi connectivity index (χ3n) is 6.05. The van der Waals surface area contributed by atoms with E-state index in [1.807, 2.05) is 49.4 Å². The Balaban J connectivity index is 1.38. The molecule has 8 heteroatoms. The lowest BCUT2D eigenvalue weighted by Crippen LogP contribution is -2.50. The molecule has 1 amide bonds. The molecule has 0 fully saturated rings. The molecule has 2 heterocycles. The van der Waals surface area contributed by atoms with E-state index in [1.54, 1.807) is 17.0 Å². The number of nitrogens with zero attached hydrogens (tertiary/aromatic N) is 2. The van der Waals surface area contributed by atoms with Crippen LogP contribution in [0.1, 0.15) is 41.4 Å². The van der Waals surface area contributed by atoms with Gasteiger partial charge in [0.05, 0.1) is 0 Å². The molecule has 7 nitrogen and oxygen atoms in total. The predicted octanol–water partition coefficient (Wildman–Crippen LogP) is 4.04. The van der Waals surface area contributed by atoms with Crippen LogP contribution in [0.5, 0.6) is 11.5 Å². The van der Waals surface area contributed by atoms with E-state index in [1.165, 1.54) is 23.0 Å². The predicted molar refractivity (Wildman–Crippen MR) is 132 cm³/mol. The van der Waals surface area contributed by atoms with Gasteiger partial charge in [0.25, 0.3) is 5.91 Å². The summed E-state index contributed by atoms with van der Waals surface area (Å²) in [6, 6.07) is 15.8. The van der Waals surface area contributed by atoms with Crippen LogP contribution in [0.15, 0.2) is 77.7 Å². The van der Waals surface area contributed by atoms with Gasteiger partial charge in [-0.1, -0.05) is 61.5 Å². The van der Waals surface area contributed by atoms with E-state index in [4.69, 9.17) is 4.74 Å². The summed E-state index contributed by atoms with van der Waals surface area (Å²) in [5.74, 6) is -1.14. The summed E-state index contributed by atoms with van der Waals surface area (Å²) in [5, 5.41) is 10.1. The standard InChI is InChI=1S/C27H28FN3O4/c1-2-21(30-18-29-31-15-14-23(32)25(33)24(31)27(30)34)12-6-7-16-35-26-20(11-8-13-22(26)28)17-19-9-4-3-5-10-19/h3-11,13-15,21,29,33H,2,12,16-18H2,1H3/b7-6+/t21-/m1/s1. The number of hydrogen-bond acceptors (Lipinski definition) is 5. The summed E-state index contributed by atoms with van der Waals surface area (Å²) in [6.45, 7) is 2.39. The third-order valence-corrected chi connectivity index (χ3v) is 6.05. The van der Waals surface area contributed by atoms with Gasteiger partial charge in [-0.3, -0.25) is 14.3 Å². The molecule has 182 valence electrons. The average molecular weight is 478 g/mol. The van der Waals surface area contributed by atoms with E-state index in [0.717, 1.165) is 11.1 Å². The number of aromatic nitrogens is 1. The number of aromatic hydroxyl groups is 1. The Bertz CT molecular complexity index is 1270. The number of carbonyl (C=O) groups excluding carboxylic acids is 1. The first kappa shape index (κ1) is 24.1. The molecular weight excluding hydrogens is 449 g/mol. The summed E-state index contributed by atoms with van der Waals surface area (Å²) >= 11 is 0. The van der Waals surface area contributed by atoms with Crippen LogP contribution >= 0.6 is 0 Å². The third kappa shape index (κ3) is 5.37. The molecule has 0 radical (unpaired) electrons. The number of ether oxygens (including phenoxy) is 1. The fraction of sp³-hybridized carbons (Fsp3) is 0.259. The van der Waals surface area contributed by atoms with Crippen LogP contribution in [0.3, 0.4) is 0 Å². The summed E-state index contributed by atoms with van der Waals surface area (Å²) in [7, 11) is 0. The molecule has 0 saturated heterocycles. The van der Waals surface area contributed by atoms with Crippen molar-refractivity contribution in [2.75, 3.05) is 18.7 Å². The number of rotatable bonds is 9. The zero-order valence-corrected chi connectivity index (χ0v) is 19.5. The fourth-order valence-electron chi connectivity index (χ4n) is 4.15. The van der Waals surface area contributed by atoms with Crippen LogP contribution in [-0.4, -0.2) is 39.9 Å². The normalized spacial score (nSPS) is 14.0. The first-order chi connectivity index (χ1) is 17.0. The van der Waals surface area contributed by atoms with Crippen molar-refractivity contribution in [3.05, 3.63) is 106 Å². The Morgan fingerprint density at radius 1 is 1.11 bits per heavy atom. The summed E-state index contributed by atoms with van der Waals surface area (Å²) in [6.07, 6.45) is 6.91. The minimum atomic E-state index is -0.599. The van der Waals surface area contributed by atoms with Gasteiger partial charge in [0.1, 0.15) is 13.3 Å². The van der Waals surface area contributed by atoms with Gasteiger partial charge in [-0.05, 0) is 24.5 Å². The molecular formula is C27H28FN3O4. The van der Waals surface area contributed by atoms with Gasteiger partial charge in [-0.25, -0.2) is 4.39 Å². The Labute approximate surface area is 203 Å². The van der Waals surface area contributed by atoms with E-state index < -0.39 is 22.9 Å². The second-order valence-corrected chi connectivity index (χ2v) is 8.31. The highest BCUT2D eigenvalue weighted by Crippen LogP contribution is 2.26. The molecule has 1 atom stereocenters.